The number of anilines is 1. The molecule has 0 radical (unpaired) electrons. The number of aromatic nitrogens is 2. The first-order valence-electron chi connectivity index (χ1n) is 5.22. The van der Waals surface area contributed by atoms with Crippen molar-refractivity contribution in [1.29, 1.82) is 0 Å². The zero-order valence-electron chi connectivity index (χ0n) is 9.24. The van der Waals surface area contributed by atoms with Gasteiger partial charge in [-0.3, -0.25) is 4.98 Å². The number of rotatable bonds is 3. The Morgan fingerprint density at radius 3 is 2.65 bits per heavy atom. The van der Waals surface area contributed by atoms with E-state index in [-0.39, 0.29) is 0 Å². The number of hydrogen-bond donors (Lipinski definition) is 1. The highest BCUT2D eigenvalue weighted by molar-refractivity contribution is 6.35. The van der Waals surface area contributed by atoms with Gasteiger partial charge in [0.15, 0.2) is 0 Å². The summed E-state index contributed by atoms with van der Waals surface area (Å²) < 4.78 is 0. The smallest absolute Gasteiger partial charge is 0.144 e. The second kappa shape index (κ2) is 5.34. The van der Waals surface area contributed by atoms with Gasteiger partial charge >= 0.3 is 0 Å². The largest absolute Gasteiger partial charge is 0.369 e. The molecule has 0 bridgehead atoms. The summed E-state index contributed by atoms with van der Waals surface area (Å²) in [5.74, 6) is 0.745. The van der Waals surface area contributed by atoms with Crippen LogP contribution in [0.1, 0.15) is 6.92 Å². The molecule has 0 saturated carbocycles. The summed E-state index contributed by atoms with van der Waals surface area (Å²) >= 11 is 12.0. The fraction of sp³-hybridized carbons (Fsp3) is 0.167. The summed E-state index contributed by atoms with van der Waals surface area (Å²) in [5, 5.41) is 4.32. The summed E-state index contributed by atoms with van der Waals surface area (Å²) in [6.45, 7) is 2.81. The van der Waals surface area contributed by atoms with Crippen LogP contribution in [0, 0.1) is 0 Å². The summed E-state index contributed by atoms with van der Waals surface area (Å²) in [6, 6.07) is 5.27. The van der Waals surface area contributed by atoms with Crippen molar-refractivity contribution in [3.05, 3.63) is 40.6 Å². The van der Waals surface area contributed by atoms with Gasteiger partial charge in [0.2, 0.25) is 0 Å². The van der Waals surface area contributed by atoms with E-state index in [1.165, 1.54) is 0 Å². The Morgan fingerprint density at radius 1 is 1.18 bits per heavy atom. The van der Waals surface area contributed by atoms with Gasteiger partial charge in [-0.15, -0.1) is 0 Å². The van der Waals surface area contributed by atoms with Crippen LogP contribution in [0.5, 0.6) is 0 Å². The fourth-order valence-corrected chi connectivity index (χ4v) is 1.82. The molecule has 1 aromatic heterocycles. The molecule has 0 fully saturated rings. The SMILES string of the molecule is CCNc1cnc(-c2cc(Cl)ccc2Cl)cn1. The molecule has 0 aliphatic rings. The van der Waals surface area contributed by atoms with Gasteiger partial charge in [0.1, 0.15) is 5.82 Å². The van der Waals surface area contributed by atoms with Crippen molar-refractivity contribution < 1.29 is 0 Å². The zero-order valence-corrected chi connectivity index (χ0v) is 10.8. The molecule has 0 saturated heterocycles. The molecule has 5 heteroatoms. The van der Waals surface area contributed by atoms with E-state index in [4.69, 9.17) is 23.2 Å². The molecule has 0 aliphatic carbocycles. The molecule has 2 aromatic rings. The second-order valence-corrected chi connectivity index (χ2v) is 4.29. The van der Waals surface area contributed by atoms with Gasteiger partial charge in [0.05, 0.1) is 23.1 Å². The van der Waals surface area contributed by atoms with Crippen LogP contribution >= 0.6 is 23.2 Å². The maximum atomic E-state index is 6.09. The van der Waals surface area contributed by atoms with E-state index in [0.717, 1.165) is 17.9 Å². The Hall–Kier alpha value is -1.32. The number of hydrogen-bond acceptors (Lipinski definition) is 3. The van der Waals surface area contributed by atoms with Crippen molar-refractivity contribution in [2.24, 2.45) is 0 Å². The van der Waals surface area contributed by atoms with Crippen LogP contribution in [0.25, 0.3) is 11.3 Å². The average molecular weight is 268 g/mol. The van der Waals surface area contributed by atoms with Crippen molar-refractivity contribution in [3.8, 4) is 11.3 Å². The Labute approximate surface area is 110 Å². The van der Waals surface area contributed by atoms with Crippen molar-refractivity contribution in [2.45, 2.75) is 6.92 Å². The van der Waals surface area contributed by atoms with E-state index in [9.17, 15) is 0 Å². The highest BCUT2D eigenvalue weighted by Gasteiger charge is 2.06. The molecule has 0 atom stereocenters. The van der Waals surface area contributed by atoms with Gasteiger partial charge in [-0.25, -0.2) is 4.98 Å². The van der Waals surface area contributed by atoms with Gasteiger partial charge in [-0.2, -0.15) is 0 Å². The van der Waals surface area contributed by atoms with E-state index in [1.54, 1.807) is 30.6 Å². The lowest BCUT2D eigenvalue weighted by molar-refractivity contribution is 1.12. The maximum absolute atomic E-state index is 6.09. The number of nitrogens with one attached hydrogen (secondary N) is 1. The predicted octanol–water partition coefficient (Wildman–Crippen LogP) is 3.88. The van der Waals surface area contributed by atoms with E-state index in [2.05, 4.69) is 15.3 Å². The molecular weight excluding hydrogens is 257 g/mol. The zero-order chi connectivity index (χ0) is 12.3. The molecule has 0 spiro atoms. The lowest BCUT2D eigenvalue weighted by Gasteiger charge is -2.05. The minimum absolute atomic E-state index is 0.611. The van der Waals surface area contributed by atoms with Crippen LogP contribution in [0.2, 0.25) is 10.0 Å². The molecule has 1 N–H and O–H groups in total. The normalized spacial score (nSPS) is 10.3. The first kappa shape index (κ1) is 12.1. The molecule has 2 rings (SSSR count). The Bertz CT molecular complexity index is 512. The van der Waals surface area contributed by atoms with Crippen LogP contribution in [0.3, 0.4) is 0 Å². The third-order valence-corrected chi connectivity index (χ3v) is 2.78. The van der Waals surface area contributed by atoms with Gasteiger partial charge < -0.3 is 5.32 Å². The van der Waals surface area contributed by atoms with Crippen molar-refractivity contribution in [3.63, 3.8) is 0 Å². The Kier molecular flexibility index (Phi) is 3.82. The molecule has 1 aromatic carbocycles. The minimum Gasteiger partial charge on any atom is -0.369 e. The Balaban J connectivity index is 2.36. The van der Waals surface area contributed by atoms with Crippen LogP contribution in [-0.2, 0) is 0 Å². The maximum Gasteiger partial charge on any atom is 0.144 e. The summed E-state index contributed by atoms with van der Waals surface area (Å²) in [7, 11) is 0. The van der Waals surface area contributed by atoms with E-state index in [0.29, 0.717) is 15.7 Å². The number of halogens is 2. The van der Waals surface area contributed by atoms with Crippen molar-refractivity contribution in [2.75, 3.05) is 11.9 Å². The van der Waals surface area contributed by atoms with E-state index in [1.807, 2.05) is 6.92 Å². The van der Waals surface area contributed by atoms with Crippen LogP contribution < -0.4 is 5.32 Å². The number of benzene rings is 1. The third kappa shape index (κ3) is 2.87. The van der Waals surface area contributed by atoms with Gasteiger partial charge in [-0.05, 0) is 25.1 Å². The second-order valence-electron chi connectivity index (χ2n) is 3.44. The van der Waals surface area contributed by atoms with Gasteiger partial charge in [0, 0.05) is 17.1 Å². The molecule has 0 unspecified atom stereocenters. The van der Waals surface area contributed by atoms with Crippen molar-refractivity contribution >= 4 is 29.0 Å². The summed E-state index contributed by atoms with van der Waals surface area (Å²) in [4.78, 5) is 8.54. The van der Waals surface area contributed by atoms with Crippen molar-refractivity contribution in [1.82, 2.24) is 9.97 Å². The topological polar surface area (TPSA) is 37.8 Å². The number of nitrogens with zero attached hydrogens (tertiary/aromatic N) is 2. The first-order valence-corrected chi connectivity index (χ1v) is 5.97. The third-order valence-electron chi connectivity index (χ3n) is 2.21. The lowest BCUT2D eigenvalue weighted by Crippen LogP contribution is -1.99. The predicted molar refractivity (Wildman–Crippen MR) is 71.7 cm³/mol. The van der Waals surface area contributed by atoms with E-state index < -0.39 is 0 Å². The molecule has 1 heterocycles. The molecule has 0 amide bonds. The average Bonchev–Trinajstić information content (AvgIpc) is 2.34. The fourth-order valence-electron chi connectivity index (χ4n) is 1.43. The molecule has 17 heavy (non-hydrogen) atoms. The van der Waals surface area contributed by atoms with Gasteiger partial charge in [0.25, 0.3) is 0 Å². The molecular formula is C12H11Cl2N3. The summed E-state index contributed by atoms with van der Waals surface area (Å²) in [5.41, 5.74) is 1.49. The molecule has 88 valence electrons. The standard InChI is InChI=1S/C12H11Cl2N3/c1-2-15-12-7-16-11(6-17-12)9-5-8(13)3-4-10(9)14/h3-7H,2H2,1H3,(H,15,17). The van der Waals surface area contributed by atoms with Gasteiger partial charge in [-0.1, -0.05) is 23.2 Å². The van der Waals surface area contributed by atoms with E-state index >= 15 is 0 Å². The highest BCUT2D eigenvalue weighted by atomic mass is 35.5. The minimum atomic E-state index is 0.611. The quantitative estimate of drug-likeness (QED) is 0.917. The lowest BCUT2D eigenvalue weighted by atomic mass is 10.1. The monoisotopic (exact) mass is 267 g/mol. The van der Waals surface area contributed by atoms with Crippen LogP contribution in [0.4, 0.5) is 5.82 Å². The Morgan fingerprint density at radius 2 is 2.00 bits per heavy atom. The van der Waals surface area contributed by atoms with Crippen LogP contribution in [-0.4, -0.2) is 16.5 Å². The molecule has 0 aliphatic heterocycles. The van der Waals surface area contributed by atoms with Crippen LogP contribution in [0.15, 0.2) is 30.6 Å². The first-order chi connectivity index (χ1) is 8.20. The summed E-state index contributed by atoms with van der Waals surface area (Å²) in [6.07, 6.45) is 3.35. The highest BCUT2D eigenvalue weighted by Crippen LogP contribution is 2.28. The molecule has 3 nitrogen and oxygen atoms in total.